The fourth-order valence-electron chi connectivity index (χ4n) is 4.61. The third kappa shape index (κ3) is 3.50. The largest absolute Gasteiger partial charge is 0.497 e. The van der Waals surface area contributed by atoms with Gasteiger partial charge >= 0.3 is 6.03 Å². The standard InChI is InChI=1S/C27H27N3O2/c1-17-8-11-20(16-18(17)2)28-27(31)30-15-14-23-22-6-4-5-7-24(22)29-25(23)26(30)19-9-12-21(32-3)13-10-19/h4-13,16,26,29H,14-15H2,1-3H3,(H,28,31)/t26-/m0/s1. The maximum Gasteiger partial charge on any atom is 0.322 e. The van der Waals surface area contributed by atoms with Crippen LogP contribution in [0.5, 0.6) is 5.75 Å². The van der Waals surface area contributed by atoms with E-state index in [1.807, 2.05) is 53.4 Å². The van der Waals surface area contributed by atoms with Crippen molar-refractivity contribution in [3.05, 3.63) is 94.7 Å². The van der Waals surface area contributed by atoms with Gasteiger partial charge in [0.1, 0.15) is 5.75 Å². The second kappa shape index (κ2) is 8.08. The fraction of sp³-hybridized carbons (Fsp3) is 0.222. The number of aromatic nitrogens is 1. The lowest BCUT2D eigenvalue weighted by Gasteiger charge is -2.36. The average molecular weight is 426 g/mol. The Balaban J connectivity index is 1.55. The van der Waals surface area contributed by atoms with Gasteiger partial charge in [0.15, 0.2) is 0 Å². The molecule has 0 unspecified atom stereocenters. The molecule has 5 heteroatoms. The van der Waals surface area contributed by atoms with Crippen molar-refractivity contribution in [2.75, 3.05) is 19.0 Å². The molecule has 2 amide bonds. The molecule has 4 aromatic rings. The van der Waals surface area contributed by atoms with Crippen LogP contribution >= 0.6 is 0 Å². The van der Waals surface area contributed by atoms with Gasteiger partial charge in [0.05, 0.1) is 13.2 Å². The predicted octanol–water partition coefficient (Wildman–Crippen LogP) is 5.97. The van der Waals surface area contributed by atoms with E-state index in [0.29, 0.717) is 6.54 Å². The quantitative estimate of drug-likeness (QED) is 0.425. The van der Waals surface area contributed by atoms with E-state index in [0.717, 1.165) is 40.2 Å². The number of carbonyl (C=O) groups is 1. The molecular weight excluding hydrogens is 398 g/mol. The first kappa shape index (κ1) is 20.2. The van der Waals surface area contributed by atoms with Crippen LogP contribution in [0.15, 0.2) is 66.7 Å². The number of aryl methyl sites for hydroxylation is 2. The zero-order chi connectivity index (χ0) is 22.2. The summed E-state index contributed by atoms with van der Waals surface area (Å²) in [5.74, 6) is 0.799. The fourth-order valence-corrected chi connectivity index (χ4v) is 4.61. The summed E-state index contributed by atoms with van der Waals surface area (Å²) in [6, 6.07) is 22.1. The highest BCUT2D eigenvalue weighted by Gasteiger charge is 2.34. The van der Waals surface area contributed by atoms with Crippen molar-refractivity contribution in [3.8, 4) is 5.75 Å². The molecule has 2 N–H and O–H groups in total. The number of urea groups is 1. The first-order valence-electron chi connectivity index (χ1n) is 10.9. The van der Waals surface area contributed by atoms with Gasteiger partial charge in [0.2, 0.25) is 0 Å². The summed E-state index contributed by atoms with van der Waals surface area (Å²) in [5.41, 5.74) is 7.70. The molecule has 0 saturated heterocycles. The molecule has 0 spiro atoms. The Labute approximate surface area is 188 Å². The first-order chi connectivity index (χ1) is 15.5. The van der Waals surface area contributed by atoms with E-state index in [4.69, 9.17) is 4.74 Å². The summed E-state index contributed by atoms with van der Waals surface area (Å²) >= 11 is 0. The Morgan fingerprint density at radius 1 is 1.03 bits per heavy atom. The zero-order valence-electron chi connectivity index (χ0n) is 18.6. The van der Waals surface area contributed by atoms with E-state index < -0.39 is 0 Å². The molecule has 0 fully saturated rings. The Hall–Kier alpha value is -3.73. The zero-order valence-corrected chi connectivity index (χ0v) is 18.6. The maximum atomic E-state index is 13.5. The van der Waals surface area contributed by atoms with Gasteiger partial charge in [-0.15, -0.1) is 0 Å². The van der Waals surface area contributed by atoms with E-state index in [-0.39, 0.29) is 12.1 Å². The van der Waals surface area contributed by atoms with Crippen molar-refractivity contribution in [1.82, 2.24) is 9.88 Å². The monoisotopic (exact) mass is 425 g/mol. The van der Waals surface area contributed by atoms with Crippen LogP contribution in [0.3, 0.4) is 0 Å². The van der Waals surface area contributed by atoms with Crippen LogP contribution in [-0.4, -0.2) is 29.6 Å². The Kier molecular flexibility index (Phi) is 5.10. The molecule has 5 nitrogen and oxygen atoms in total. The number of para-hydroxylation sites is 1. The number of H-pyrrole nitrogens is 1. The first-order valence-corrected chi connectivity index (χ1v) is 10.9. The van der Waals surface area contributed by atoms with Crippen LogP contribution < -0.4 is 10.1 Å². The number of benzene rings is 3. The van der Waals surface area contributed by atoms with E-state index in [9.17, 15) is 4.79 Å². The lowest BCUT2D eigenvalue weighted by atomic mass is 9.92. The summed E-state index contributed by atoms with van der Waals surface area (Å²) in [4.78, 5) is 19.0. The highest BCUT2D eigenvalue weighted by Crippen LogP contribution is 2.39. The Bertz CT molecular complexity index is 1290. The average Bonchev–Trinajstić information content (AvgIpc) is 3.19. The number of hydrogen-bond acceptors (Lipinski definition) is 2. The van der Waals surface area contributed by atoms with Crippen molar-refractivity contribution >= 4 is 22.6 Å². The number of amides is 2. The lowest BCUT2D eigenvalue weighted by molar-refractivity contribution is 0.193. The molecule has 1 aromatic heterocycles. The van der Waals surface area contributed by atoms with Gasteiger partial charge in [0.25, 0.3) is 0 Å². The van der Waals surface area contributed by atoms with E-state index in [1.54, 1.807) is 7.11 Å². The van der Waals surface area contributed by atoms with Crippen molar-refractivity contribution in [2.24, 2.45) is 0 Å². The van der Waals surface area contributed by atoms with Crippen LogP contribution in [0.4, 0.5) is 10.5 Å². The van der Waals surface area contributed by atoms with Crippen molar-refractivity contribution < 1.29 is 9.53 Å². The van der Waals surface area contributed by atoms with Gasteiger partial charge < -0.3 is 19.9 Å². The molecule has 2 heterocycles. The number of fused-ring (bicyclic) bond motifs is 3. The maximum absolute atomic E-state index is 13.5. The number of aromatic amines is 1. The van der Waals surface area contributed by atoms with Crippen LogP contribution in [-0.2, 0) is 6.42 Å². The summed E-state index contributed by atoms with van der Waals surface area (Å²) in [7, 11) is 1.66. The molecule has 1 aliphatic heterocycles. The number of anilines is 1. The summed E-state index contributed by atoms with van der Waals surface area (Å²) in [5, 5.41) is 4.35. The molecule has 3 aromatic carbocycles. The molecule has 0 aliphatic carbocycles. The molecule has 162 valence electrons. The highest BCUT2D eigenvalue weighted by molar-refractivity contribution is 5.91. The minimum absolute atomic E-state index is 0.0987. The summed E-state index contributed by atoms with van der Waals surface area (Å²) in [6.07, 6.45) is 0.812. The van der Waals surface area contributed by atoms with Gasteiger partial charge in [-0.1, -0.05) is 36.4 Å². The molecule has 32 heavy (non-hydrogen) atoms. The van der Waals surface area contributed by atoms with E-state index in [1.165, 1.54) is 16.5 Å². The third-order valence-corrected chi connectivity index (χ3v) is 6.49. The molecule has 0 saturated carbocycles. The van der Waals surface area contributed by atoms with Crippen LogP contribution in [0.25, 0.3) is 10.9 Å². The van der Waals surface area contributed by atoms with E-state index in [2.05, 4.69) is 42.3 Å². The normalized spacial score (nSPS) is 15.5. The number of hydrogen-bond donors (Lipinski definition) is 2. The minimum atomic E-state index is -0.205. The minimum Gasteiger partial charge on any atom is -0.497 e. The van der Waals surface area contributed by atoms with Gasteiger partial charge in [-0.2, -0.15) is 0 Å². The SMILES string of the molecule is COc1ccc([C@H]2c3[nH]c4ccccc4c3CCN2C(=O)Nc2ccc(C)c(C)c2)cc1. The van der Waals surface area contributed by atoms with Crippen molar-refractivity contribution in [2.45, 2.75) is 26.3 Å². The molecule has 0 bridgehead atoms. The number of nitrogens with one attached hydrogen (secondary N) is 2. The van der Waals surface area contributed by atoms with E-state index >= 15 is 0 Å². The smallest absolute Gasteiger partial charge is 0.322 e. The second-order valence-electron chi connectivity index (χ2n) is 8.41. The topological polar surface area (TPSA) is 57.4 Å². The van der Waals surface area contributed by atoms with Crippen molar-refractivity contribution in [3.63, 3.8) is 0 Å². The number of carbonyl (C=O) groups excluding carboxylic acids is 1. The summed E-state index contributed by atoms with van der Waals surface area (Å²) < 4.78 is 5.35. The number of nitrogens with zero attached hydrogens (tertiary/aromatic N) is 1. The molecule has 1 atom stereocenters. The van der Waals surface area contributed by atoms with Gasteiger partial charge in [0, 0.05) is 28.8 Å². The number of methoxy groups -OCH3 is 1. The van der Waals surface area contributed by atoms with Crippen LogP contribution in [0, 0.1) is 13.8 Å². The Morgan fingerprint density at radius 2 is 1.81 bits per heavy atom. The molecule has 1 aliphatic rings. The Morgan fingerprint density at radius 3 is 2.56 bits per heavy atom. The predicted molar refractivity (Wildman–Crippen MR) is 128 cm³/mol. The highest BCUT2D eigenvalue weighted by atomic mass is 16.5. The molecule has 5 rings (SSSR count). The van der Waals surface area contributed by atoms with Crippen LogP contribution in [0.1, 0.15) is 34.0 Å². The molecular formula is C27H27N3O2. The van der Waals surface area contributed by atoms with Gasteiger partial charge in [-0.25, -0.2) is 4.79 Å². The van der Waals surface area contributed by atoms with Crippen molar-refractivity contribution in [1.29, 1.82) is 0 Å². The lowest BCUT2D eigenvalue weighted by Crippen LogP contribution is -2.43. The van der Waals surface area contributed by atoms with Gasteiger partial charge in [-0.05, 0) is 72.9 Å². The second-order valence-corrected chi connectivity index (χ2v) is 8.41. The number of ether oxygens (including phenoxy) is 1. The van der Waals surface area contributed by atoms with Crippen LogP contribution in [0.2, 0.25) is 0 Å². The summed E-state index contributed by atoms with van der Waals surface area (Å²) in [6.45, 7) is 4.77. The van der Waals surface area contributed by atoms with Gasteiger partial charge in [-0.3, -0.25) is 0 Å². The number of rotatable bonds is 3. The molecule has 0 radical (unpaired) electrons. The third-order valence-electron chi connectivity index (χ3n) is 6.49.